The lowest BCUT2D eigenvalue weighted by atomic mass is 10.0. The van der Waals surface area contributed by atoms with Crippen molar-refractivity contribution in [3.8, 4) is 17.0 Å². The maximum absolute atomic E-state index is 13.6. The molecule has 5 rings (SSSR count). The molecule has 0 amide bonds. The van der Waals surface area contributed by atoms with E-state index in [1.54, 1.807) is 19.6 Å². The summed E-state index contributed by atoms with van der Waals surface area (Å²) < 4.78 is 48.5. The average Bonchev–Trinajstić information content (AvgIpc) is 3.83. The number of unbranched alkanes of at least 4 members (excludes halogenated alkanes) is 2. The summed E-state index contributed by atoms with van der Waals surface area (Å²) >= 11 is -1.33. The highest BCUT2D eigenvalue weighted by atomic mass is 32.2. The second-order valence-corrected chi connectivity index (χ2v) is 22.5. The van der Waals surface area contributed by atoms with Gasteiger partial charge in [0, 0.05) is 55.2 Å². The number of nitrogens with one attached hydrogen (secondary N) is 1. The first-order valence-electron chi connectivity index (χ1n) is 17.2. The van der Waals surface area contributed by atoms with Crippen molar-refractivity contribution < 1.29 is 27.9 Å². The van der Waals surface area contributed by atoms with Crippen LogP contribution >= 0.6 is 0 Å². The molecule has 0 bridgehead atoms. The summed E-state index contributed by atoms with van der Waals surface area (Å²) in [7, 11) is 0.377. The summed E-state index contributed by atoms with van der Waals surface area (Å²) in [5.41, 5.74) is 3.59. The number of ether oxygens (including phenoxy) is 4. The number of aromatic nitrogens is 4. The first kappa shape index (κ1) is 37.5. The second-order valence-electron chi connectivity index (χ2n) is 14.9. The summed E-state index contributed by atoms with van der Waals surface area (Å²) in [6, 6.07) is 8.94. The van der Waals surface area contributed by atoms with Gasteiger partial charge in [0.2, 0.25) is 5.79 Å². The molecule has 3 aromatic heterocycles. The number of rotatable bonds is 17. The molecule has 11 nitrogen and oxygen atoms in total. The molecule has 1 unspecified atom stereocenters. The van der Waals surface area contributed by atoms with Gasteiger partial charge in [0.15, 0.2) is 0 Å². The predicted molar refractivity (Wildman–Crippen MR) is 195 cm³/mol. The van der Waals surface area contributed by atoms with Crippen molar-refractivity contribution in [3.05, 3.63) is 60.3 Å². The van der Waals surface area contributed by atoms with Crippen LogP contribution < -0.4 is 9.46 Å². The van der Waals surface area contributed by atoms with Gasteiger partial charge < -0.3 is 32.5 Å². The standard InChI is InChI=1S/C36H53N5O6SSi/c1-26-13-14-27-22-28(32(43-5)23-30(27)39-26)31-24-38-33(41(31)25-44-20-21-49(6,7)8)29(40-48(42)35(2,3)4)12-10-9-11-15-36(46-18-19-47-36)34-37-16-17-45-34/h13-14,16-17,22-24,29,40H,9-12,15,18-21,25H2,1-8H3/t29-,48?/m0/s1. The molecule has 268 valence electrons. The minimum Gasteiger partial charge on any atom is -0.598 e. The van der Waals surface area contributed by atoms with Crippen molar-refractivity contribution in [1.29, 1.82) is 0 Å². The van der Waals surface area contributed by atoms with Crippen LogP contribution in [0.5, 0.6) is 5.75 Å². The first-order chi connectivity index (χ1) is 23.3. The van der Waals surface area contributed by atoms with Crippen LogP contribution in [0.1, 0.15) is 76.3 Å². The molecule has 0 saturated carbocycles. The molecule has 1 fully saturated rings. The molecule has 0 spiro atoms. The van der Waals surface area contributed by atoms with E-state index >= 15 is 0 Å². The van der Waals surface area contributed by atoms with Crippen LogP contribution in [-0.4, -0.2) is 63.8 Å². The van der Waals surface area contributed by atoms with Crippen LogP contribution in [0.3, 0.4) is 0 Å². The largest absolute Gasteiger partial charge is 0.598 e. The van der Waals surface area contributed by atoms with E-state index in [0.29, 0.717) is 44.6 Å². The number of methoxy groups -OCH3 is 1. The first-order valence-corrected chi connectivity index (χ1v) is 22.1. The van der Waals surface area contributed by atoms with Gasteiger partial charge in [-0.25, -0.2) is 9.97 Å². The minimum absolute atomic E-state index is 0.287. The van der Waals surface area contributed by atoms with E-state index in [2.05, 4.69) is 46.0 Å². The van der Waals surface area contributed by atoms with Crippen molar-refractivity contribution in [1.82, 2.24) is 24.2 Å². The molecule has 1 aromatic carbocycles. The highest BCUT2D eigenvalue weighted by Gasteiger charge is 2.42. The van der Waals surface area contributed by atoms with E-state index in [0.717, 1.165) is 65.4 Å². The number of hydrogen-bond acceptors (Lipinski definition) is 10. The summed E-state index contributed by atoms with van der Waals surface area (Å²) in [4.78, 5) is 14.0. The average molecular weight is 712 g/mol. The van der Waals surface area contributed by atoms with Crippen LogP contribution in [0, 0.1) is 6.92 Å². The van der Waals surface area contributed by atoms with Gasteiger partial charge in [0.25, 0.3) is 5.89 Å². The maximum Gasteiger partial charge on any atom is 0.255 e. The Morgan fingerprint density at radius 2 is 1.88 bits per heavy atom. The molecular weight excluding hydrogens is 659 g/mol. The zero-order valence-electron chi connectivity index (χ0n) is 30.3. The van der Waals surface area contributed by atoms with Crippen molar-refractivity contribution in [3.63, 3.8) is 0 Å². The van der Waals surface area contributed by atoms with Gasteiger partial charge in [-0.1, -0.05) is 38.5 Å². The molecule has 4 heterocycles. The number of nitrogens with zero attached hydrogens (tertiary/aromatic N) is 4. The molecule has 49 heavy (non-hydrogen) atoms. The van der Waals surface area contributed by atoms with E-state index < -0.39 is 30.0 Å². The number of hydrogen-bond donors (Lipinski definition) is 1. The van der Waals surface area contributed by atoms with E-state index in [1.165, 1.54) is 0 Å². The highest BCUT2D eigenvalue weighted by molar-refractivity contribution is 7.90. The van der Waals surface area contributed by atoms with Gasteiger partial charge in [-0.3, -0.25) is 4.98 Å². The van der Waals surface area contributed by atoms with Crippen molar-refractivity contribution in [2.24, 2.45) is 0 Å². The summed E-state index contributed by atoms with van der Waals surface area (Å²) in [5, 5.41) is 1.01. The third-order valence-electron chi connectivity index (χ3n) is 8.66. The number of aryl methyl sites for hydroxylation is 1. The molecule has 4 aromatic rings. The van der Waals surface area contributed by atoms with Gasteiger partial charge in [-0.15, -0.1) is 4.72 Å². The van der Waals surface area contributed by atoms with Crippen molar-refractivity contribution >= 4 is 30.3 Å². The molecule has 0 aliphatic carbocycles. The Balaban J connectivity index is 1.42. The van der Waals surface area contributed by atoms with Gasteiger partial charge in [-0.05, 0) is 58.7 Å². The lowest BCUT2D eigenvalue weighted by molar-refractivity contribution is -0.187. The summed E-state index contributed by atoms with van der Waals surface area (Å²) in [6.45, 7) is 16.9. The third-order valence-corrected chi connectivity index (χ3v) is 12.0. The lowest BCUT2D eigenvalue weighted by Crippen LogP contribution is -2.42. The number of fused-ring (bicyclic) bond motifs is 1. The SMILES string of the molecule is COc1cc2nc(C)ccc2cc1-c1cnc([C@H](CCCCCC2(c3ncco3)OCCO2)N[S+]([O-])C(C)(C)C)n1COCC[Si](C)(C)C. The maximum atomic E-state index is 13.6. The van der Waals surface area contributed by atoms with Crippen LogP contribution in [0.25, 0.3) is 22.2 Å². The molecule has 1 aliphatic heterocycles. The lowest BCUT2D eigenvalue weighted by Gasteiger charge is -2.28. The topological polar surface area (TPSA) is 129 Å². The Morgan fingerprint density at radius 1 is 1.10 bits per heavy atom. The van der Waals surface area contributed by atoms with Gasteiger partial charge >= 0.3 is 0 Å². The Hall–Kier alpha value is -2.78. The second kappa shape index (κ2) is 16.0. The number of imidazole rings is 1. The predicted octanol–water partition coefficient (Wildman–Crippen LogP) is 7.66. The molecule has 1 N–H and O–H groups in total. The molecular formula is C36H53N5O6SSi. The highest BCUT2D eigenvalue weighted by Crippen LogP contribution is 2.38. The number of pyridine rings is 1. The van der Waals surface area contributed by atoms with Gasteiger partial charge in [-0.2, -0.15) is 0 Å². The Bertz CT molecular complexity index is 1650. The fourth-order valence-corrected chi connectivity index (χ4v) is 7.44. The van der Waals surface area contributed by atoms with E-state index in [-0.39, 0.29) is 6.04 Å². The fourth-order valence-electron chi connectivity index (χ4n) is 5.85. The third kappa shape index (κ3) is 9.51. The fraction of sp³-hybridized carbons (Fsp3) is 0.583. The molecule has 1 saturated heterocycles. The van der Waals surface area contributed by atoms with Crippen LogP contribution in [0.2, 0.25) is 25.7 Å². The molecule has 2 atom stereocenters. The Labute approximate surface area is 294 Å². The van der Waals surface area contributed by atoms with Gasteiger partial charge in [0.1, 0.15) is 35.4 Å². The monoisotopic (exact) mass is 711 g/mol. The molecule has 0 radical (unpaired) electrons. The summed E-state index contributed by atoms with van der Waals surface area (Å²) in [5.74, 6) is 1.02. The van der Waals surface area contributed by atoms with E-state index in [4.69, 9.17) is 33.3 Å². The zero-order valence-corrected chi connectivity index (χ0v) is 32.2. The number of benzene rings is 1. The van der Waals surface area contributed by atoms with Crippen LogP contribution in [0.4, 0.5) is 0 Å². The quantitative estimate of drug-likeness (QED) is 0.0662. The normalized spacial score (nSPS) is 16.3. The van der Waals surface area contributed by atoms with E-state index in [1.807, 2.05) is 46.0 Å². The Morgan fingerprint density at radius 3 is 2.55 bits per heavy atom. The molecule has 13 heteroatoms. The van der Waals surface area contributed by atoms with Crippen molar-refractivity contribution in [2.75, 3.05) is 26.9 Å². The zero-order chi connectivity index (χ0) is 35.2. The smallest absolute Gasteiger partial charge is 0.255 e. The van der Waals surface area contributed by atoms with Crippen LogP contribution in [0.15, 0.2) is 47.3 Å². The molecule has 1 aliphatic rings. The van der Waals surface area contributed by atoms with E-state index in [9.17, 15) is 4.55 Å². The minimum atomic E-state index is -1.33. The van der Waals surface area contributed by atoms with Crippen molar-refractivity contribution in [2.45, 2.75) is 109 Å². The van der Waals surface area contributed by atoms with Gasteiger partial charge in [0.05, 0.1) is 43.9 Å². The summed E-state index contributed by atoms with van der Waals surface area (Å²) in [6.07, 6.45) is 9.02. The Kier molecular flexibility index (Phi) is 12.3. The van der Waals surface area contributed by atoms with Crippen LogP contribution in [-0.2, 0) is 38.1 Å². The number of oxazole rings is 1.